The van der Waals surface area contributed by atoms with E-state index in [-0.39, 0.29) is 0 Å². The maximum absolute atomic E-state index is 4.09. The summed E-state index contributed by atoms with van der Waals surface area (Å²) in [6.07, 6.45) is 2.95. The third-order valence-electron chi connectivity index (χ3n) is 1.31. The first-order valence-corrected chi connectivity index (χ1v) is 4.47. The molecule has 0 spiro atoms. The van der Waals surface area contributed by atoms with Gasteiger partial charge in [0.15, 0.2) is 0 Å². The van der Waals surface area contributed by atoms with E-state index in [1.165, 1.54) is 0 Å². The number of nitrogens with zero attached hydrogens (tertiary/aromatic N) is 1. The molecule has 0 unspecified atom stereocenters. The highest BCUT2D eigenvalue weighted by atomic mass is 79.9. The number of halogens is 1. The Morgan fingerprint density at radius 1 is 1.55 bits per heavy atom. The third-order valence-corrected chi connectivity index (χ3v) is 1.78. The molecule has 1 aromatic heterocycles. The standard InChI is InChI=1S/C8H11BrN2/c1-2-5-10-7-3-4-8(9)11-6-7/h3-4,6,10H,2,5H2,1H3. The SMILES string of the molecule is CCCNc1ccc(Br)nc1. The maximum Gasteiger partial charge on any atom is 0.106 e. The van der Waals surface area contributed by atoms with Gasteiger partial charge in [-0.2, -0.15) is 0 Å². The van der Waals surface area contributed by atoms with Gasteiger partial charge in [0.05, 0.1) is 11.9 Å². The maximum atomic E-state index is 4.09. The van der Waals surface area contributed by atoms with Crippen LogP contribution in [-0.4, -0.2) is 11.5 Å². The van der Waals surface area contributed by atoms with Crippen LogP contribution in [0, 0.1) is 0 Å². The summed E-state index contributed by atoms with van der Waals surface area (Å²) in [7, 11) is 0. The van der Waals surface area contributed by atoms with E-state index in [2.05, 4.69) is 33.2 Å². The van der Waals surface area contributed by atoms with Gasteiger partial charge in [-0.15, -0.1) is 0 Å². The molecule has 0 radical (unpaired) electrons. The van der Waals surface area contributed by atoms with Crippen molar-refractivity contribution in [2.75, 3.05) is 11.9 Å². The number of anilines is 1. The van der Waals surface area contributed by atoms with Crippen molar-refractivity contribution < 1.29 is 0 Å². The van der Waals surface area contributed by atoms with E-state index in [0.29, 0.717) is 0 Å². The summed E-state index contributed by atoms with van der Waals surface area (Å²) in [4.78, 5) is 4.09. The number of pyridine rings is 1. The summed E-state index contributed by atoms with van der Waals surface area (Å²) >= 11 is 3.27. The van der Waals surface area contributed by atoms with Gasteiger partial charge in [-0.25, -0.2) is 4.98 Å². The summed E-state index contributed by atoms with van der Waals surface area (Å²) < 4.78 is 0.875. The Bertz CT molecular complexity index is 208. The molecular formula is C8H11BrN2. The van der Waals surface area contributed by atoms with Crippen LogP contribution in [0.25, 0.3) is 0 Å². The highest BCUT2D eigenvalue weighted by Gasteiger charge is 1.89. The van der Waals surface area contributed by atoms with Crippen molar-refractivity contribution in [2.24, 2.45) is 0 Å². The lowest BCUT2D eigenvalue weighted by Gasteiger charge is -2.02. The molecule has 0 atom stereocenters. The van der Waals surface area contributed by atoms with Gasteiger partial charge in [0.1, 0.15) is 4.60 Å². The molecular weight excluding hydrogens is 204 g/mol. The van der Waals surface area contributed by atoms with Crippen LogP contribution in [0.4, 0.5) is 5.69 Å². The molecule has 0 fully saturated rings. The molecule has 60 valence electrons. The number of rotatable bonds is 3. The van der Waals surface area contributed by atoms with Crippen LogP contribution < -0.4 is 5.32 Å². The Morgan fingerprint density at radius 2 is 2.36 bits per heavy atom. The first-order valence-electron chi connectivity index (χ1n) is 3.68. The zero-order valence-corrected chi connectivity index (χ0v) is 8.06. The van der Waals surface area contributed by atoms with Crippen molar-refractivity contribution in [3.8, 4) is 0 Å². The fraction of sp³-hybridized carbons (Fsp3) is 0.375. The summed E-state index contributed by atoms with van der Waals surface area (Å²) in [5, 5.41) is 3.24. The normalized spacial score (nSPS) is 9.64. The quantitative estimate of drug-likeness (QED) is 0.784. The molecule has 1 N–H and O–H groups in total. The predicted octanol–water partition coefficient (Wildman–Crippen LogP) is 2.67. The van der Waals surface area contributed by atoms with Crippen molar-refractivity contribution >= 4 is 21.6 Å². The Hall–Kier alpha value is -0.570. The molecule has 0 saturated heterocycles. The second-order valence-electron chi connectivity index (χ2n) is 2.30. The molecule has 0 aromatic carbocycles. The number of hydrogen-bond acceptors (Lipinski definition) is 2. The third kappa shape index (κ3) is 2.89. The Labute approximate surface area is 75.2 Å². The van der Waals surface area contributed by atoms with Crippen LogP contribution in [0.2, 0.25) is 0 Å². The second kappa shape index (κ2) is 4.34. The van der Waals surface area contributed by atoms with Crippen LogP contribution >= 0.6 is 15.9 Å². The van der Waals surface area contributed by atoms with Crippen molar-refractivity contribution in [2.45, 2.75) is 13.3 Å². The van der Waals surface area contributed by atoms with Gasteiger partial charge < -0.3 is 5.32 Å². The van der Waals surface area contributed by atoms with Gasteiger partial charge >= 0.3 is 0 Å². The molecule has 0 aliphatic carbocycles. The van der Waals surface area contributed by atoms with Crippen LogP contribution in [0.1, 0.15) is 13.3 Å². The Morgan fingerprint density at radius 3 is 2.91 bits per heavy atom. The molecule has 0 aliphatic heterocycles. The van der Waals surface area contributed by atoms with E-state index in [1.807, 2.05) is 18.3 Å². The first-order chi connectivity index (χ1) is 5.33. The van der Waals surface area contributed by atoms with E-state index in [9.17, 15) is 0 Å². The molecule has 2 nitrogen and oxygen atoms in total. The topological polar surface area (TPSA) is 24.9 Å². The zero-order valence-electron chi connectivity index (χ0n) is 6.47. The smallest absolute Gasteiger partial charge is 0.106 e. The van der Waals surface area contributed by atoms with E-state index >= 15 is 0 Å². The molecule has 1 aromatic rings. The zero-order chi connectivity index (χ0) is 8.10. The summed E-state index contributed by atoms with van der Waals surface area (Å²) in [6, 6.07) is 3.94. The Kier molecular flexibility index (Phi) is 3.36. The largest absolute Gasteiger partial charge is 0.384 e. The van der Waals surface area contributed by atoms with Gasteiger partial charge in [0, 0.05) is 6.54 Å². The van der Waals surface area contributed by atoms with Crippen molar-refractivity contribution in [1.82, 2.24) is 4.98 Å². The van der Waals surface area contributed by atoms with E-state index in [4.69, 9.17) is 0 Å². The fourth-order valence-corrected chi connectivity index (χ4v) is 0.984. The van der Waals surface area contributed by atoms with Crippen molar-refractivity contribution in [3.63, 3.8) is 0 Å². The average molecular weight is 215 g/mol. The van der Waals surface area contributed by atoms with E-state index < -0.39 is 0 Å². The molecule has 3 heteroatoms. The second-order valence-corrected chi connectivity index (χ2v) is 3.11. The molecule has 1 rings (SSSR count). The first kappa shape index (κ1) is 8.53. The monoisotopic (exact) mass is 214 g/mol. The molecule has 11 heavy (non-hydrogen) atoms. The lowest BCUT2D eigenvalue weighted by Crippen LogP contribution is -1.99. The predicted molar refractivity (Wildman–Crippen MR) is 50.7 cm³/mol. The lowest BCUT2D eigenvalue weighted by atomic mass is 10.4. The van der Waals surface area contributed by atoms with Gasteiger partial charge in [0.25, 0.3) is 0 Å². The lowest BCUT2D eigenvalue weighted by molar-refractivity contribution is 0.977. The molecule has 0 bridgehead atoms. The van der Waals surface area contributed by atoms with Gasteiger partial charge in [0.2, 0.25) is 0 Å². The minimum Gasteiger partial charge on any atom is -0.384 e. The van der Waals surface area contributed by atoms with E-state index in [0.717, 1.165) is 23.3 Å². The molecule has 0 saturated carbocycles. The van der Waals surface area contributed by atoms with Crippen LogP contribution in [0.15, 0.2) is 22.9 Å². The van der Waals surface area contributed by atoms with Crippen molar-refractivity contribution in [3.05, 3.63) is 22.9 Å². The van der Waals surface area contributed by atoms with Crippen LogP contribution in [0.5, 0.6) is 0 Å². The number of hydrogen-bond donors (Lipinski definition) is 1. The highest BCUT2D eigenvalue weighted by molar-refractivity contribution is 9.10. The fourth-order valence-electron chi connectivity index (χ4n) is 0.750. The van der Waals surface area contributed by atoms with Crippen LogP contribution in [0.3, 0.4) is 0 Å². The highest BCUT2D eigenvalue weighted by Crippen LogP contribution is 2.09. The summed E-state index contributed by atoms with van der Waals surface area (Å²) in [5.74, 6) is 0. The van der Waals surface area contributed by atoms with Gasteiger partial charge in [-0.05, 0) is 34.5 Å². The van der Waals surface area contributed by atoms with Crippen molar-refractivity contribution in [1.29, 1.82) is 0 Å². The average Bonchev–Trinajstić information content (AvgIpc) is 2.04. The number of nitrogens with one attached hydrogen (secondary N) is 1. The van der Waals surface area contributed by atoms with E-state index in [1.54, 1.807) is 0 Å². The Balaban J connectivity index is 2.52. The van der Waals surface area contributed by atoms with Gasteiger partial charge in [-0.1, -0.05) is 6.92 Å². The minimum absolute atomic E-state index is 0.875. The van der Waals surface area contributed by atoms with Gasteiger partial charge in [-0.3, -0.25) is 0 Å². The molecule has 0 amide bonds. The summed E-state index contributed by atoms with van der Waals surface area (Å²) in [6.45, 7) is 3.14. The molecule has 0 aliphatic rings. The summed E-state index contributed by atoms with van der Waals surface area (Å²) in [5.41, 5.74) is 1.08. The number of aromatic nitrogens is 1. The molecule has 1 heterocycles. The minimum atomic E-state index is 0.875. The van der Waals surface area contributed by atoms with Crippen LogP contribution in [-0.2, 0) is 0 Å².